The summed E-state index contributed by atoms with van der Waals surface area (Å²) in [5.74, 6) is 1.54. The van der Waals surface area contributed by atoms with Crippen molar-refractivity contribution in [2.24, 2.45) is 0 Å². The first-order chi connectivity index (χ1) is 7.22. The second-order valence-electron chi connectivity index (χ2n) is 3.18. The lowest BCUT2D eigenvalue weighted by Gasteiger charge is -2.21. The molecule has 4 heteroatoms. The van der Waals surface area contributed by atoms with E-state index in [9.17, 15) is 0 Å². The van der Waals surface area contributed by atoms with Crippen LogP contribution in [0.5, 0.6) is 11.5 Å². The van der Waals surface area contributed by atoms with E-state index < -0.39 is 0 Å². The molecule has 0 spiro atoms. The zero-order valence-corrected chi connectivity index (χ0v) is 9.36. The minimum Gasteiger partial charge on any atom is -0.497 e. The van der Waals surface area contributed by atoms with Gasteiger partial charge in [0.1, 0.15) is 11.5 Å². The van der Waals surface area contributed by atoms with Crippen LogP contribution in [0.4, 0.5) is 5.69 Å². The molecular formula is C11H17NO3. The van der Waals surface area contributed by atoms with Crippen molar-refractivity contribution in [1.29, 1.82) is 0 Å². The Labute approximate surface area is 90.0 Å². The summed E-state index contributed by atoms with van der Waals surface area (Å²) in [6.07, 6.45) is 0. The highest BCUT2D eigenvalue weighted by molar-refractivity contribution is 5.61. The number of benzene rings is 1. The van der Waals surface area contributed by atoms with Crippen LogP contribution < -0.4 is 14.4 Å². The van der Waals surface area contributed by atoms with Crippen LogP contribution in [0.1, 0.15) is 0 Å². The van der Waals surface area contributed by atoms with Crippen molar-refractivity contribution >= 4 is 5.69 Å². The first-order valence-corrected chi connectivity index (χ1v) is 4.77. The van der Waals surface area contributed by atoms with E-state index in [0.717, 1.165) is 17.2 Å². The van der Waals surface area contributed by atoms with E-state index in [1.165, 1.54) is 0 Å². The standard InChI is InChI=1S/C11H17NO3/c1-12(6-7-13)10-8-9(14-2)4-5-11(10)15-3/h4-5,8,13H,6-7H2,1-3H3. The Morgan fingerprint density at radius 2 is 2.00 bits per heavy atom. The van der Waals surface area contributed by atoms with Gasteiger partial charge in [0.15, 0.2) is 0 Å². The first kappa shape index (κ1) is 11.7. The fraction of sp³-hybridized carbons (Fsp3) is 0.455. The van der Waals surface area contributed by atoms with Crippen molar-refractivity contribution in [1.82, 2.24) is 0 Å². The van der Waals surface area contributed by atoms with Gasteiger partial charge in [0.2, 0.25) is 0 Å². The Kier molecular flexibility index (Phi) is 4.24. The Balaban J connectivity index is 3.00. The topological polar surface area (TPSA) is 41.9 Å². The van der Waals surface area contributed by atoms with Crippen LogP contribution in [-0.4, -0.2) is 39.5 Å². The van der Waals surface area contributed by atoms with E-state index in [-0.39, 0.29) is 6.61 Å². The molecule has 84 valence electrons. The predicted molar refractivity (Wildman–Crippen MR) is 59.9 cm³/mol. The van der Waals surface area contributed by atoms with Gasteiger partial charge in [-0.1, -0.05) is 0 Å². The number of methoxy groups -OCH3 is 2. The fourth-order valence-electron chi connectivity index (χ4n) is 1.37. The van der Waals surface area contributed by atoms with Crippen LogP contribution in [0.3, 0.4) is 0 Å². The van der Waals surface area contributed by atoms with Crippen LogP contribution in [-0.2, 0) is 0 Å². The summed E-state index contributed by atoms with van der Waals surface area (Å²) in [5.41, 5.74) is 0.908. The van der Waals surface area contributed by atoms with Crippen molar-refractivity contribution in [2.45, 2.75) is 0 Å². The SMILES string of the molecule is COc1ccc(OC)c(N(C)CCO)c1. The normalized spacial score (nSPS) is 9.87. The monoisotopic (exact) mass is 211 g/mol. The number of hydrogen-bond donors (Lipinski definition) is 1. The maximum Gasteiger partial charge on any atom is 0.142 e. The van der Waals surface area contributed by atoms with Gasteiger partial charge < -0.3 is 19.5 Å². The van der Waals surface area contributed by atoms with Crippen molar-refractivity contribution in [3.05, 3.63) is 18.2 Å². The highest BCUT2D eigenvalue weighted by Crippen LogP contribution is 2.31. The quantitative estimate of drug-likeness (QED) is 0.792. The molecule has 4 nitrogen and oxygen atoms in total. The molecule has 0 aliphatic carbocycles. The molecule has 0 unspecified atom stereocenters. The summed E-state index contributed by atoms with van der Waals surface area (Å²) < 4.78 is 10.4. The Bertz CT molecular complexity index is 315. The predicted octanol–water partition coefficient (Wildman–Crippen LogP) is 1.13. The number of hydrogen-bond acceptors (Lipinski definition) is 4. The average Bonchev–Trinajstić information content (AvgIpc) is 2.28. The first-order valence-electron chi connectivity index (χ1n) is 4.77. The molecule has 0 saturated heterocycles. The molecule has 0 atom stereocenters. The molecule has 0 amide bonds. The Morgan fingerprint density at radius 3 is 2.53 bits per heavy atom. The number of nitrogens with zero attached hydrogens (tertiary/aromatic N) is 1. The van der Waals surface area contributed by atoms with E-state index in [1.54, 1.807) is 14.2 Å². The largest absolute Gasteiger partial charge is 0.497 e. The van der Waals surface area contributed by atoms with E-state index in [4.69, 9.17) is 14.6 Å². The molecule has 1 aromatic rings. The molecule has 0 bridgehead atoms. The maximum absolute atomic E-state index is 8.87. The lowest BCUT2D eigenvalue weighted by molar-refractivity contribution is 0.303. The molecule has 0 aliphatic rings. The molecule has 1 aromatic carbocycles. The number of aliphatic hydroxyl groups is 1. The molecule has 0 aliphatic heterocycles. The number of likely N-dealkylation sites (N-methyl/N-ethyl adjacent to an activating group) is 1. The van der Waals surface area contributed by atoms with E-state index in [2.05, 4.69) is 0 Å². The number of anilines is 1. The highest BCUT2D eigenvalue weighted by Gasteiger charge is 2.08. The van der Waals surface area contributed by atoms with Gasteiger partial charge in [0, 0.05) is 19.7 Å². The molecule has 0 fully saturated rings. The van der Waals surface area contributed by atoms with Gasteiger partial charge in [-0.3, -0.25) is 0 Å². The second-order valence-corrected chi connectivity index (χ2v) is 3.18. The van der Waals surface area contributed by atoms with Crippen LogP contribution in [0.25, 0.3) is 0 Å². The van der Waals surface area contributed by atoms with Crippen molar-refractivity contribution in [3.63, 3.8) is 0 Å². The third kappa shape index (κ3) is 2.76. The minimum absolute atomic E-state index is 0.108. The summed E-state index contributed by atoms with van der Waals surface area (Å²) in [4.78, 5) is 1.92. The van der Waals surface area contributed by atoms with E-state index in [1.807, 2.05) is 30.1 Å². The van der Waals surface area contributed by atoms with Gasteiger partial charge in [-0.15, -0.1) is 0 Å². The zero-order chi connectivity index (χ0) is 11.3. The van der Waals surface area contributed by atoms with Gasteiger partial charge in [0.25, 0.3) is 0 Å². The number of rotatable bonds is 5. The van der Waals surface area contributed by atoms with Crippen LogP contribution in [0.15, 0.2) is 18.2 Å². The summed E-state index contributed by atoms with van der Waals surface area (Å²) in [5, 5.41) is 8.87. The van der Waals surface area contributed by atoms with Gasteiger partial charge in [-0.2, -0.15) is 0 Å². The third-order valence-electron chi connectivity index (χ3n) is 2.23. The fourth-order valence-corrected chi connectivity index (χ4v) is 1.37. The maximum atomic E-state index is 8.87. The summed E-state index contributed by atoms with van der Waals surface area (Å²) in [6.45, 7) is 0.667. The lowest BCUT2D eigenvalue weighted by atomic mass is 10.2. The van der Waals surface area contributed by atoms with Gasteiger partial charge in [-0.05, 0) is 12.1 Å². The highest BCUT2D eigenvalue weighted by atomic mass is 16.5. The Hall–Kier alpha value is -1.42. The molecule has 1 rings (SSSR count). The average molecular weight is 211 g/mol. The minimum atomic E-state index is 0.108. The molecule has 0 saturated carbocycles. The molecule has 0 heterocycles. The van der Waals surface area contributed by atoms with Gasteiger partial charge in [0.05, 0.1) is 26.5 Å². The summed E-state index contributed by atoms with van der Waals surface area (Å²) >= 11 is 0. The molecular weight excluding hydrogens is 194 g/mol. The van der Waals surface area contributed by atoms with Crippen LogP contribution >= 0.6 is 0 Å². The second kappa shape index (κ2) is 5.46. The van der Waals surface area contributed by atoms with Gasteiger partial charge in [-0.25, -0.2) is 0 Å². The lowest BCUT2D eigenvalue weighted by Crippen LogP contribution is -2.21. The smallest absolute Gasteiger partial charge is 0.142 e. The molecule has 0 radical (unpaired) electrons. The zero-order valence-electron chi connectivity index (χ0n) is 9.36. The summed E-state index contributed by atoms with van der Waals surface area (Å²) in [6, 6.07) is 5.58. The molecule has 1 N–H and O–H groups in total. The van der Waals surface area contributed by atoms with Gasteiger partial charge >= 0.3 is 0 Å². The van der Waals surface area contributed by atoms with Crippen LogP contribution in [0.2, 0.25) is 0 Å². The van der Waals surface area contributed by atoms with Crippen molar-refractivity contribution in [2.75, 3.05) is 39.3 Å². The van der Waals surface area contributed by atoms with E-state index >= 15 is 0 Å². The number of ether oxygens (including phenoxy) is 2. The Morgan fingerprint density at radius 1 is 1.27 bits per heavy atom. The van der Waals surface area contributed by atoms with Crippen molar-refractivity contribution < 1.29 is 14.6 Å². The third-order valence-corrected chi connectivity index (χ3v) is 2.23. The van der Waals surface area contributed by atoms with E-state index in [0.29, 0.717) is 6.54 Å². The molecule has 15 heavy (non-hydrogen) atoms. The number of aliphatic hydroxyl groups excluding tert-OH is 1. The van der Waals surface area contributed by atoms with Crippen molar-refractivity contribution in [3.8, 4) is 11.5 Å². The summed E-state index contributed by atoms with van der Waals surface area (Å²) in [7, 11) is 5.14. The molecule has 0 aromatic heterocycles. The van der Waals surface area contributed by atoms with Crippen LogP contribution in [0, 0.1) is 0 Å².